The first-order valence-corrected chi connectivity index (χ1v) is 6.33. The molecule has 5 nitrogen and oxygen atoms in total. The molecule has 0 saturated heterocycles. The number of phenols is 1. The molecular weight excluding hydrogens is 277 g/mol. The minimum absolute atomic E-state index is 0.396. The summed E-state index contributed by atoms with van der Waals surface area (Å²) >= 11 is 0. The Kier molecular flexibility index (Phi) is 3.35. The number of ether oxygens (including phenoxy) is 2. The van der Waals surface area contributed by atoms with Gasteiger partial charge in [0.1, 0.15) is 30.3 Å². The molecule has 2 N–H and O–H groups in total. The lowest BCUT2D eigenvalue weighted by atomic mass is 10.1. The van der Waals surface area contributed by atoms with Gasteiger partial charge in [-0.25, -0.2) is 4.39 Å². The van der Waals surface area contributed by atoms with E-state index in [1.165, 1.54) is 12.1 Å². The lowest BCUT2D eigenvalue weighted by molar-refractivity contribution is 0.102. The maximum absolute atomic E-state index is 13.6. The third kappa shape index (κ3) is 2.60. The average Bonchev–Trinajstić information content (AvgIpc) is 2.47. The summed E-state index contributed by atoms with van der Waals surface area (Å²) in [6, 6.07) is 8.55. The number of benzene rings is 2. The number of phenolic OH excluding ortho intramolecular Hbond substituents is 1. The van der Waals surface area contributed by atoms with Gasteiger partial charge in [-0.2, -0.15) is 0 Å². The number of anilines is 1. The van der Waals surface area contributed by atoms with Crippen LogP contribution >= 0.6 is 0 Å². The third-order valence-corrected chi connectivity index (χ3v) is 3.02. The zero-order valence-corrected chi connectivity index (χ0v) is 10.9. The van der Waals surface area contributed by atoms with E-state index in [0.29, 0.717) is 30.4 Å². The molecule has 6 heteroatoms. The molecule has 0 aliphatic carbocycles. The molecule has 0 aromatic heterocycles. The van der Waals surface area contributed by atoms with E-state index in [1.54, 1.807) is 18.2 Å². The van der Waals surface area contributed by atoms with Crippen LogP contribution in [0.3, 0.4) is 0 Å². The molecule has 0 atom stereocenters. The lowest BCUT2D eigenvalue weighted by Gasteiger charge is -2.19. The van der Waals surface area contributed by atoms with Gasteiger partial charge in [0.2, 0.25) is 0 Å². The van der Waals surface area contributed by atoms with Gasteiger partial charge in [0.05, 0.1) is 0 Å². The van der Waals surface area contributed by atoms with Crippen LogP contribution in [0.5, 0.6) is 17.2 Å². The van der Waals surface area contributed by atoms with Crippen molar-refractivity contribution in [3.63, 3.8) is 0 Å². The Bertz CT molecular complexity index is 682. The van der Waals surface area contributed by atoms with E-state index in [9.17, 15) is 14.3 Å². The molecule has 1 amide bonds. The van der Waals surface area contributed by atoms with Gasteiger partial charge in [-0.3, -0.25) is 4.79 Å². The van der Waals surface area contributed by atoms with E-state index < -0.39 is 23.0 Å². The van der Waals surface area contributed by atoms with E-state index >= 15 is 0 Å². The van der Waals surface area contributed by atoms with Gasteiger partial charge in [0, 0.05) is 11.8 Å². The first-order valence-electron chi connectivity index (χ1n) is 6.33. The summed E-state index contributed by atoms with van der Waals surface area (Å²) in [6.45, 7) is 0.903. The molecule has 2 aromatic carbocycles. The second kappa shape index (κ2) is 5.32. The summed E-state index contributed by atoms with van der Waals surface area (Å²) in [4.78, 5) is 12.0. The number of halogens is 1. The zero-order valence-electron chi connectivity index (χ0n) is 10.9. The summed E-state index contributed by atoms with van der Waals surface area (Å²) < 4.78 is 24.4. The second-order valence-electron chi connectivity index (χ2n) is 4.45. The summed E-state index contributed by atoms with van der Waals surface area (Å²) in [5.74, 6) is -0.831. The molecule has 21 heavy (non-hydrogen) atoms. The van der Waals surface area contributed by atoms with Crippen LogP contribution in [0.15, 0.2) is 36.4 Å². The van der Waals surface area contributed by atoms with Gasteiger partial charge in [0.25, 0.3) is 5.91 Å². The van der Waals surface area contributed by atoms with Crippen molar-refractivity contribution >= 4 is 11.6 Å². The summed E-state index contributed by atoms with van der Waals surface area (Å²) in [6.07, 6.45) is 0. The molecule has 0 radical (unpaired) electrons. The summed E-state index contributed by atoms with van der Waals surface area (Å²) in [5.41, 5.74) is 0.0271. The fourth-order valence-electron chi connectivity index (χ4n) is 2.05. The number of carbonyl (C=O) groups excluding carboxylic acids is 1. The third-order valence-electron chi connectivity index (χ3n) is 3.02. The molecule has 2 aromatic rings. The van der Waals surface area contributed by atoms with Crippen molar-refractivity contribution in [2.45, 2.75) is 0 Å². The van der Waals surface area contributed by atoms with Gasteiger partial charge in [-0.05, 0) is 24.3 Å². The normalized spacial score (nSPS) is 12.8. The fourth-order valence-corrected chi connectivity index (χ4v) is 2.05. The Morgan fingerprint density at radius 3 is 2.67 bits per heavy atom. The van der Waals surface area contributed by atoms with Crippen LogP contribution in [-0.4, -0.2) is 24.2 Å². The van der Waals surface area contributed by atoms with Crippen LogP contribution in [0.25, 0.3) is 0 Å². The highest BCUT2D eigenvalue weighted by Crippen LogP contribution is 2.33. The molecular formula is C15H12FNO4. The van der Waals surface area contributed by atoms with Gasteiger partial charge in [-0.1, -0.05) is 6.07 Å². The van der Waals surface area contributed by atoms with E-state index in [0.717, 1.165) is 6.07 Å². The minimum Gasteiger partial charge on any atom is -0.507 e. The Hall–Kier alpha value is -2.76. The zero-order chi connectivity index (χ0) is 14.8. The fraction of sp³-hybridized carbons (Fsp3) is 0.133. The largest absolute Gasteiger partial charge is 0.507 e. The number of hydrogen-bond donors (Lipinski definition) is 2. The SMILES string of the molecule is O=C(Nc1ccc2c(c1)OCCO2)c1c(O)cccc1F. The summed E-state index contributed by atoms with van der Waals surface area (Å²) in [7, 11) is 0. The number of nitrogens with one attached hydrogen (secondary N) is 1. The van der Waals surface area contributed by atoms with Gasteiger partial charge in [-0.15, -0.1) is 0 Å². The van der Waals surface area contributed by atoms with Gasteiger partial charge >= 0.3 is 0 Å². The number of carbonyl (C=O) groups is 1. The van der Waals surface area contributed by atoms with E-state index in [2.05, 4.69) is 5.32 Å². The smallest absolute Gasteiger partial charge is 0.262 e. The minimum atomic E-state index is -0.787. The van der Waals surface area contributed by atoms with Crippen molar-refractivity contribution in [1.82, 2.24) is 0 Å². The van der Waals surface area contributed by atoms with Crippen molar-refractivity contribution in [2.24, 2.45) is 0 Å². The standard InChI is InChI=1S/C15H12FNO4/c16-10-2-1-3-11(18)14(10)15(19)17-9-4-5-12-13(8-9)21-7-6-20-12/h1-5,8,18H,6-7H2,(H,17,19). The molecule has 0 fully saturated rings. The van der Waals surface area contributed by atoms with Crippen LogP contribution in [0.1, 0.15) is 10.4 Å². The maximum Gasteiger partial charge on any atom is 0.262 e. The van der Waals surface area contributed by atoms with E-state index in [1.807, 2.05) is 0 Å². The number of rotatable bonds is 2. The molecule has 3 rings (SSSR count). The van der Waals surface area contributed by atoms with Crippen molar-refractivity contribution in [3.05, 3.63) is 47.8 Å². The van der Waals surface area contributed by atoms with E-state index in [4.69, 9.17) is 9.47 Å². The highest BCUT2D eigenvalue weighted by molar-refractivity contribution is 6.06. The predicted molar refractivity (Wildman–Crippen MR) is 73.5 cm³/mol. The van der Waals surface area contributed by atoms with Gasteiger partial charge in [0.15, 0.2) is 11.5 Å². The summed E-state index contributed by atoms with van der Waals surface area (Å²) in [5, 5.41) is 12.1. The van der Waals surface area contributed by atoms with Crippen molar-refractivity contribution in [2.75, 3.05) is 18.5 Å². The van der Waals surface area contributed by atoms with Crippen LogP contribution in [0, 0.1) is 5.82 Å². The quantitative estimate of drug-likeness (QED) is 0.891. The number of hydrogen-bond acceptors (Lipinski definition) is 4. The number of aromatic hydroxyl groups is 1. The maximum atomic E-state index is 13.6. The second-order valence-corrected chi connectivity index (χ2v) is 4.45. The van der Waals surface area contributed by atoms with Crippen molar-refractivity contribution in [1.29, 1.82) is 0 Å². The Labute approximate surface area is 119 Å². The Morgan fingerprint density at radius 1 is 1.14 bits per heavy atom. The van der Waals surface area contributed by atoms with Gasteiger partial charge < -0.3 is 19.9 Å². The molecule has 1 aliphatic heterocycles. The van der Waals surface area contributed by atoms with Crippen molar-refractivity contribution in [3.8, 4) is 17.2 Å². The first-order chi connectivity index (χ1) is 10.1. The van der Waals surface area contributed by atoms with Crippen LogP contribution in [0.4, 0.5) is 10.1 Å². The predicted octanol–water partition coefficient (Wildman–Crippen LogP) is 2.55. The Morgan fingerprint density at radius 2 is 1.90 bits per heavy atom. The van der Waals surface area contributed by atoms with Crippen molar-refractivity contribution < 1.29 is 23.8 Å². The number of fused-ring (bicyclic) bond motifs is 1. The first kappa shape index (κ1) is 13.2. The number of amides is 1. The molecule has 1 heterocycles. The lowest BCUT2D eigenvalue weighted by Crippen LogP contribution is -2.17. The monoisotopic (exact) mass is 289 g/mol. The topological polar surface area (TPSA) is 67.8 Å². The molecule has 0 saturated carbocycles. The Balaban J connectivity index is 1.85. The molecule has 1 aliphatic rings. The highest BCUT2D eigenvalue weighted by atomic mass is 19.1. The van der Waals surface area contributed by atoms with Crippen LogP contribution < -0.4 is 14.8 Å². The molecule has 108 valence electrons. The molecule has 0 unspecified atom stereocenters. The van der Waals surface area contributed by atoms with Crippen LogP contribution in [0.2, 0.25) is 0 Å². The average molecular weight is 289 g/mol. The molecule has 0 spiro atoms. The molecule has 0 bridgehead atoms. The van der Waals surface area contributed by atoms with Crippen LogP contribution in [-0.2, 0) is 0 Å². The highest BCUT2D eigenvalue weighted by Gasteiger charge is 2.18. The van der Waals surface area contributed by atoms with E-state index in [-0.39, 0.29) is 0 Å².